The fourth-order valence-corrected chi connectivity index (χ4v) is 1.91. The minimum Gasteiger partial charge on any atom is -0.492 e. The molecule has 0 amide bonds. The number of anilines is 2. The van der Waals surface area contributed by atoms with E-state index in [1.54, 1.807) is 0 Å². The normalized spacial score (nSPS) is 11.8. The average Bonchev–Trinajstić information content (AvgIpc) is 2.37. The first kappa shape index (κ1) is 10.0. The van der Waals surface area contributed by atoms with Crippen molar-refractivity contribution in [2.24, 2.45) is 0 Å². The van der Waals surface area contributed by atoms with Gasteiger partial charge in [-0.3, -0.25) is 0 Å². The molecule has 3 nitrogen and oxygen atoms in total. The lowest BCUT2D eigenvalue weighted by atomic mass is 10.2. The van der Waals surface area contributed by atoms with Crippen LogP contribution in [-0.2, 0) is 0 Å². The van der Waals surface area contributed by atoms with Crippen LogP contribution in [0.15, 0.2) is 42.5 Å². The number of hydrogen-bond donors (Lipinski definition) is 1. The topological polar surface area (TPSA) is 30.5 Å². The minimum atomic E-state index is 0.639. The molecular formula is C14H13NO2. The van der Waals surface area contributed by atoms with Gasteiger partial charge in [0.15, 0.2) is 11.5 Å². The predicted molar refractivity (Wildman–Crippen MR) is 67.4 cm³/mol. The molecule has 86 valence electrons. The molecule has 2 aromatic carbocycles. The van der Waals surface area contributed by atoms with Gasteiger partial charge in [-0.25, -0.2) is 0 Å². The summed E-state index contributed by atoms with van der Waals surface area (Å²) < 4.78 is 11.4. The Labute approximate surface area is 100.0 Å². The molecule has 0 bridgehead atoms. The molecule has 1 N–H and O–H groups in total. The van der Waals surface area contributed by atoms with Gasteiger partial charge in [0.25, 0.3) is 0 Å². The maximum atomic E-state index is 5.82. The molecule has 0 spiro atoms. The standard InChI is InChI=1S/C14H13NO2/c1-2-16-12-8-5-9-13-14(12)15-10-6-3-4-7-11(10)17-13/h3-9,15H,2H2,1H3. The van der Waals surface area contributed by atoms with Gasteiger partial charge in [-0.05, 0) is 31.2 Å². The van der Waals surface area contributed by atoms with E-state index in [9.17, 15) is 0 Å². The van der Waals surface area contributed by atoms with Crippen LogP contribution < -0.4 is 14.8 Å². The van der Waals surface area contributed by atoms with E-state index in [1.807, 2.05) is 49.4 Å². The molecule has 3 rings (SSSR count). The van der Waals surface area contributed by atoms with Crippen LogP contribution in [-0.4, -0.2) is 6.61 Å². The summed E-state index contributed by atoms with van der Waals surface area (Å²) in [7, 11) is 0. The number of benzene rings is 2. The monoisotopic (exact) mass is 227 g/mol. The Hall–Kier alpha value is -2.16. The Bertz CT molecular complexity index is 552. The Balaban J connectivity index is 2.05. The zero-order valence-electron chi connectivity index (χ0n) is 9.57. The van der Waals surface area contributed by atoms with Gasteiger partial charge in [0.05, 0.1) is 12.3 Å². The zero-order valence-corrected chi connectivity index (χ0v) is 9.57. The maximum absolute atomic E-state index is 5.82. The van der Waals surface area contributed by atoms with Gasteiger partial charge >= 0.3 is 0 Å². The highest BCUT2D eigenvalue weighted by Gasteiger charge is 2.19. The molecule has 0 atom stereocenters. The summed E-state index contributed by atoms with van der Waals surface area (Å²) in [5, 5.41) is 3.34. The third-order valence-electron chi connectivity index (χ3n) is 2.65. The highest BCUT2D eigenvalue weighted by molar-refractivity contribution is 5.79. The van der Waals surface area contributed by atoms with E-state index >= 15 is 0 Å². The fourth-order valence-electron chi connectivity index (χ4n) is 1.91. The van der Waals surface area contributed by atoms with Gasteiger partial charge < -0.3 is 14.8 Å². The van der Waals surface area contributed by atoms with E-state index in [2.05, 4.69) is 5.32 Å². The summed E-state index contributed by atoms with van der Waals surface area (Å²) in [6, 6.07) is 13.7. The van der Waals surface area contributed by atoms with Crippen molar-refractivity contribution in [2.75, 3.05) is 11.9 Å². The van der Waals surface area contributed by atoms with Gasteiger partial charge in [-0.2, -0.15) is 0 Å². The first-order valence-electron chi connectivity index (χ1n) is 5.68. The lowest BCUT2D eigenvalue weighted by Crippen LogP contribution is -2.05. The van der Waals surface area contributed by atoms with Crippen molar-refractivity contribution in [3.63, 3.8) is 0 Å². The van der Waals surface area contributed by atoms with Gasteiger partial charge in [0.2, 0.25) is 0 Å². The molecule has 3 heteroatoms. The predicted octanol–water partition coefficient (Wildman–Crippen LogP) is 3.93. The van der Waals surface area contributed by atoms with Gasteiger partial charge in [0.1, 0.15) is 11.4 Å². The summed E-state index contributed by atoms with van der Waals surface area (Å²) >= 11 is 0. The SMILES string of the molecule is CCOc1cccc2c1Nc1ccccc1O2. The molecule has 0 saturated heterocycles. The van der Waals surface area contributed by atoms with Crippen molar-refractivity contribution in [1.29, 1.82) is 0 Å². The van der Waals surface area contributed by atoms with Crippen LogP contribution in [0.4, 0.5) is 11.4 Å². The third kappa shape index (κ3) is 1.69. The van der Waals surface area contributed by atoms with Crippen molar-refractivity contribution in [1.82, 2.24) is 0 Å². The minimum absolute atomic E-state index is 0.639. The van der Waals surface area contributed by atoms with E-state index in [4.69, 9.17) is 9.47 Å². The van der Waals surface area contributed by atoms with E-state index < -0.39 is 0 Å². The second kappa shape index (κ2) is 4.01. The summed E-state index contributed by atoms with van der Waals surface area (Å²) in [5.41, 5.74) is 1.86. The molecule has 2 aromatic rings. The summed E-state index contributed by atoms with van der Waals surface area (Å²) in [6.07, 6.45) is 0. The van der Waals surface area contributed by atoms with E-state index in [0.29, 0.717) is 6.61 Å². The van der Waals surface area contributed by atoms with E-state index in [0.717, 1.165) is 28.6 Å². The Kier molecular flexibility index (Phi) is 2.37. The third-order valence-corrected chi connectivity index (χ3v) is 2.65. The van der Waals surface area contributed by atoms with Gasteiger partial charge in [-0.1, -0.05) is 18.2 Å². The molecule has 0 fully saturated rings. The lowest BCUT2D eigenvalue weighted by molar-refractivity contribution is 0.339. The number of rotatable bonds is 2. The smallest absolute Gasteiger partial charge is 0.154 e. The van der Waals surface area contributed by atoms with Gasteiger partial charge in [-0.15, -0.1) is 0 Å². The second-order valence-corrected chi connectivity index (χ2v) is 3.79. The summed E-state index contributed by atoms with van der Waals surface area (Å²) in [6.45, 7) is 2.61. The van der Waals surface area contributed by atoms with Crippen molar-refractivity contribution < 1.29 is 9.47 Å². The highest BCUT2D eigenvalue weighted by atomic mass is 16.5. The number of ether oxygens (including phenoxy) is 2. The lowest BCUT2D eigenvalue weighted by Gasteiger charge is -2.23. The Morgan fingerprint density at radius 2 is 1.88 bits per heavy atom. The molecule has 0 aliphatic carbocycles. The Morgan fingerprint density at radius 3 is 2.76 bits per heavy atom. The number of hydrogen-bond acceptors (Lipinski definition) is 3. The van der Waals surface area contributed by atoms with Crippen molar-refractivity contribution >= 4 is 11.4 Å². The van der Waals surface area contributed by atoms with Crippen LogP contribution in [0, 0.1) is 0 Å². The van der Waals surface area contributed by atoms with Gasteiger partial charge in [0, 0.05) is 0 Å². The second-order valence-electron chi connectivity index (χ2n) is 3.79. The van der Waals surface area contributed by atoms with Crippen LogP contribution in [0.2, 0.25) is 0 Å². The number of nitrogens with one attached hydrogen (secondary N) is 1. The Morgan fingerprint density at radius 1 is 1.06 bits per heavy atom. The molecule has 17 heavy (non-hydrogen) atoms. The molecular weight excluding hydrogens is 214 g/mol. The van der Waals surface area contributed by atoms with Crippen LogP contribution in [0.3, 0.4) is 0 Å². The molecule has 0 aromatic heterocycles. The molecule has 0 unspecified atom stereocenters. The molecule has 0 saturated carbocycles. The quantitative estimate of drug-likeness (QED) is 0.719. The maximum Gasteiger partial charge on any atom is 0.154 e. The summed E-state index contributed by atoms with van der Waals surface area (Å²) in [5.74, 6) is 2.46. The van der Waals surface area contributed by atoms with Crippen molar-refractivity contribution in [2.45, 2.75) is 6.92 Å². The zero-order chi connectivity index (χ0) is 11.7. The fraction of sp³-hybridized carbons (Fsp3) is 0.143. The van der Waals surface area contributed by atoms with Crippen LogP contribution in [0.1, 0.15) is 6.92 Å². The average molecular weight is 227 g/mol. The first-order valence-corrected chi connectivity index (χ1v) is 5.68. The molecule has 0 radical (unpaired) electrons. The van der Waals surface area contributed by atoms with Crippen molar-refractivity contribution in [3.8, 4) is 17.2 Å². The molecule has 1 heterocycles. The summed E-state index contributed by atoms with van der Waals surface area (Å²) in [4.78, 5) is 0. The number of para-hydroxylation sites is 3. The first-order chi connectivity index (χ1) is 8.38. The largest absolute Gasteiger partial charge is 0.492 e. The van der Waals surface area contributed by atoms with Crippen LogP contribution in [0.5, 0.6) is 17.2 Å². The van der Waals surface area contributed by atoms with E-state index in [1.165, 1.54) is 0 Å². The molecule has 1 aliphatic heterocycles. The molecule has 1 aliphatic rings. The van der Waals surface area contributed by atoms with Crippen LogP contribution in [0.25, 0.3) is 0 Å². The number of fused-ring (bicyclic) bond motifs is 2. The van der Waals surface area contributed by atoms with Crippen molar-refractivity contribution in [3.05, 3.63) is 42.5 Å². The highest BCUT2D eigenvalue weighted by Crippen LogP contribution is 2.45. The van der Waals surface area contributed by atoms with E-state index in [-0.39, 0.29) is 0 Å². The van der Waals surface area contributed by atoms with Crippen LogP contribution >= 0.6 is 0 Å².